The van der Waals surface area contributed by atoms with Crippen molar-refractivity contribution >= 4 is 11.4 Å². The van der Waals surface area contributed by atoms with Gasteiger partial charge in [0.1, 0.15) is 0 Å². The Morgan fingerprint density at radius 2 is 1.62 bits per heavy atom. The van der Waals surface area contributed by atoms with Crippen LogP contribution in [0.4, 0.5) is 11.4 Å². The van der Waals surface area contributed by atoms with Gasteiger partial charge in [-0.15, -0.1) is 0 Å². The molecule has 1 aromatic carbocycles. The van der Waals surface area contributed by atoms with Gasteiger partial charge in [0, 0.05) is 13.1 Å². The van der Waals surface area contributed by atoms with Crippen LogP contribution in [-0.4, -0.2) is 6.17 Å². The maximum atomic E-state index is 3.39. The fourth-order valence-corrected chi connectivity index (χ4v) is 2.09. The summed E-state index contributed by atoms with van der Waals surface area (Å²) in [5, 5.41) is 10.1. The molecule has 3 rings (SSSR count). The van der Waals surface area contributed by atoms with E-state index in [1.54, 1.807) is 0 Å². The topological polar surface area (TPSA) is 36.1 Å². The average molecular weight is 175 g/mol. The molecule has 0 radical (unpaired) electrons. The molecule has 3 N–H and O–H groups in total. The molecule has 2 aliphatic rings. The first-order chi connectivity index (χ1) is 6.33. The second kappa shape index (κ2) is 2.39. The number of anilines is 2. The summed E-state index contributed by atoms with van der Waals surface area (Å²) in [4.78, 5) is 0. The van der Waals surface area contributed by atoms with Crippen LogP contribution in [0.1, 0.15) is 18.1 Å². The van der Waals surface area contributed by atoms with Gasteiger partial charge in [0.15, 0.2) is 0 Å². The van der Waals surface area contributed by atoms with Gasteiger partial charge in [-0.3, -0.25) is 0 Å². The highest BCUT2D eigenvalue weighted by molar-refractivity contribution is 5.76. The molecule has 2 heterocycles. The second-order valence-electron chi connectivity index (χ2n) is 3.78. The summed E-state index contributed by atoms with van der Waals surface area (Å²) in [5.74, 6) is 0. The quantitative estimate of drug-likeness (QED) is 0.559. The number of nitrogens with one attached hydrogen (secondary N) is 3. The molecule has 68 valence electrons. The summed E-state index contributed by atoms with van der Waals surface area (Å²) >= 11 is 0. The number of hydrogen-bond donors (Lipinski definition) is 3. The maximum absolute atomic E-state index is 3.39. The standard InChI is InChI=1S/C10H13N3/c1-6-12-9-2-7-4-11-5-8(7)3-10(9)13-6/h2-3,6,11-13H,4-5H2,1H3. The lowest BCUT2D eigenvalue weighted by atomic mass is 10.1. The van der Waals surface area contributed by atoms with Gasteiger partial charge >= 0.3 is 0 Å². The average Bonchev–Trinajstić information content (AvgIpc) is 2.63. The Morgan fingerprint density at radius 3 is 2.15 bits per heavy atom. The van der Waals surface area contributed by atoms with Crippen molar-refractivity contribution in [2.24, 2.45) is 0 Å². The number of benzene rings is 1. The second-order valence-corrected chi connectivity index (χ2v) is 3.78. The van der Waals surface area contributed by atoms with Gasteiger partial charge in [-0.25, -0.2) is 0 Å². The van der Waals surface area contributed by atoms with E-state index in [2.05, 4.69) is 35.0 Å². The maximum Gasteiger partial charge on any atom is 0.0935 e. The highest BCUT2D eigenvalue weighted by atomic mass is 15.2. The van der Waals surface area contributed by atoms with Gasteiger partial charge in [-0.2, -0.15) is 0 Å². The molecule has 0 unspecified atom stereocenters. The van der Waals surface area contributed by atoms with Crippen LogP contribution < -0.4 is 16.0 Å². The third-order valence-corrected chi connectivity index (χ3v) is 2.71. The van der Waals surface area contributed by atoms with E-state index in [1.165, 1.54) is 22.5 Å². The zero-order valence-corrected chi connectivity index (χ0v) is 7.65. The van der Waals surface area contributed by atoms with Crippen LogP contribution in [0.5, 0.6) is 0 Å². The number of rotatable bonds is 0. The first-order valence-corrected chi connectivity index (χ1v) is 4.72. The molecule has 0 saturated heterocycles. The van der Waals surface area contributed by atoms with Crippen molar-refractivity contribution in [3.63, 3.8) is 0 Å². The third-order valence-electron chi connectivity index (χ3n) is 2.71. The Kier molecular flexibility index (Phi) is 1.32. The lowest BCUT2D eigenvalue weighted by Crippen LogP contribution is -2.16. The third kappa shape index (κ3) is 1.00. The molecule has 0 aromatic heterocycles. The van der Waals surface area contributed by atoms with Crippen LogP contribution in [0.25, 0.3) is 0 Å². The summed E-state index contributed by atoms with van der Waals surface area (Å²) in [6.45, 7) is 4.15. The lowest BCUT2D eigenvalue weighted by molar-refractivity contribution is 0.764. The minimum atomic E-state index is 0.366. The van der Waals surface area contributed by atoms with E-state index in [4.69, 9.17) is 0 Å². The fraction of sp³-hybridized carbons (Fsp3) is 0.400. The zero-order valence-electron chi connectivity index (χ0n) is 7.65. The van der Waals surface area contributed by atoms with Crippen LogP contribution in [0, 0.1) is 0 Å². The van der Waals surface area contributed by atoms with Gasteiger partial charge in [0.05, 0.1) is 17.5 Å². The van der Waals surface area contributed by atoms with Crippen molar-refractivity contribution in [2.75, 3.05) is 10.6 Å². The molecule has 0 atom stereocenters. The molecule has 0 amide bonds. The molecule has 0 fully saturated rings. The van der Waals surface area contributed by atoms with E-state index in [0.717, 1.165) is 13.1 Å². The first kappa shape index (κ1) is 7.21. The van der Waals surface area contributed by atoms with Crippen molar-refractivity contribution in [1.29, 1.82) is 0 Å². The Hall–Kier alpha value is -1.22. The molecule has 0 spiro atoms. The summed E-state index contributed by atoms with van der Waals surface area (Å²) < 4.78 is 0. The molecule has 13 heavy (non-hydrogen) atoms. The SMILES string of the molecule is CC1Nc2cc3c(cc2N1)CNC3. The molecule has 0 saturated carbocycles. The van der Waals surface area contributed by atoms with Gasteiger partial charge in [0.2, 0.25) is 0 Å². The summed E-state index contributed by atoms with van der Waals surface area (Å²) in [5.41, 5.74) is 5.36. The molecule has 0 bridgehead atoms. The summed E-state index contributed by atoms with van der Waals surface area (Å²) in [6.07, 6.45) is 0.366. The monoisotopic (exact) mass is 175 g/mol. The van der Waals surface area contributed by atoms with Crippen molar-refractivity contribution in [1.82, 2.24) is 5.32 Å². The minimum absolute atomic E-state index is 0.366. The van der Waals surface area contributed by atoms with Gasteiger partial charge < -0.3 is 16.0 Å². The number of fused-ring (bicyclic) bond motifs is 2. The Balaban J connectivity index is 2.10. The lowest BCUT2D eigenvalue weighted by Gasteiger charge is -2.02. The predicted molar refractivity (Wildman–Crippen MR) is 53.7 cm³/mol. The normalized spacial score (nSPS) is 19.2. The largest absolute Gasteiger partial charge is 0.364 e. The Labute approximate surface area is 77.5 Å². The highest BCUT2D eigenvalue weighted by Crippen LogP contribution is 2.33. The predicted octanol–water partition coefficient (Wildman–Crippen LogP) is 1.47. The molecular weight excluding hydrogens is 162 g/mol. The van der Waals surface area contributed by atoms with Crippen LogP contribution in [0.15, 0.2) is 12.1 Å². The van der Waals surface area contributed by atoms with Crippen molar-refractivity contribution in [3.8, 4) is 0 Å². The van der Waals surface area contributed by atoms with Gasteiger partial charge in [-0.1, -0.05) is 0 Å². The molecule has 2 aliphatic heterocycles. The minimum Gasteiger partial charge on any atom is -0.364 e. The van der Waals surface area contributed by atoms with Crippen LogP contribution >= 0.6 is 0 Å². The van der Waals surface area contributed by atoms with Crippen molar-refractivity contribution in [3.05, 3.63) is 23.3 Å². The fourth-order valence-electron chi connectivity index (χ4n) is 2.09. The van der Waals surface area contributed by atoms with E-state index >= 15 is 0 Å². The van der Waals surface area contributed by atoms with Crippen molar-refractivity contribution < 1.29 is 0 Å². The van der Waals surface area contributed by atoms with E-state index < -0.39 is 0 Å². The highest BCUT2D eigenvalue weighted by Gasteiger charge is 2.19. The molecule has 1 aromatic rings. The molecule has 0 aliphatic carbocycles. The smallest absolute Gasteiger partial charge is 0.0935 e. The zero-order chi connectivity index (χ0) is 8.84. The molecule has 3 heteroatoms. The van der Waals surface area contributed by atoms with Gasteiger partial charge in [-0.05, 0) is 30.2 Å². The van der Waals surface area contributed by atoms with Crippen LogP contribution in [0.3, 0.4) is 0 Å². The van der Waals surface area contributed by atoms with E-state index in [1.807, 2.05) is 0 Å². The first-order valence-electron chi connectivity index (χ1n) is 4.72. The van der Waals surface area contributed by atoms with Crippen LogP contribution in [0.2, 0.25) is 0 Å². The number of hydrogen-bond acceptors (Lipinski definition) is 3. The molecular formula is C10H13N3. The molecule has 3 nitrogen and oxygen atoms in total. The van der Waals surface area contributed by atoms with E-state index in [-0.39, 0.29) is 0 Å². The van der Waals surface area contributed by atoms with E-state index in [0.29, 0.717) is 6.17 Å². The Bertz CT molecular complexity index is 326. The van der Waals surface area contributed by atoms with E-state index in [9.17, 15) is 0 Å². The summed E-state index contributed by atoms with van der Waals surface area (Å²) in [7, 11) is 0. The Morgan fingerprint density at radius 1 is 1.08 bits per heavy atom. The van der Waals surface area contributed by atoms with Gasteiger partial charge in [0.25, 0.3) is 0 Å². The van der Waals surface area contributed by atoms with Crippen molar-refractivity contribution in [2.45, 2.75) is 26.2 Å². The summed E-state index contributed by atoms with van der Waals surface area (Å²) in [6, 6.07) is 4.50. The van der Waals surface area contributed by atoms with Crippen LogP contribution in [-0.2, 0) is 13.1 Å².